The lowest BCUT2D eigenvalue weighted by Crippen LogP contribution is -2.45. The van der Waals surface area contributed by atoms with Gasteiger partial charge < -0.3 is 10.6 Å². The number of hydrogen-bond acceptors (Lipinski definition) is 3. The Labute approximate surface area is 149 Å². The molecule has 0 bridgehead atoms. The van der Waals surface area contributed by atoms with Gasteiger partial charge in [0.15, 0.2) is 0 Å². The predicted molar refractivity (Wildman–Crippen MR) is 99.0 cm³/mol. The lowest BCUT2D eigenvalue weighted by atomic mass is 10.1. The maximum absolute atomic E-state index is 12.2. The molecule has 1 aromatic carbocycles. The highest BCUT2D eigenvalue weighted by Gasteiger charge is 2.30. The Morgan fingerprint density at radius 2 is 1.96 bits per heavy atom. The summed E-state index contributed by atoms with van der Waals surface area (Å²) in [5.41, 5.74) is 3.30. The first-order chi connectivity index (χ1) is 12.1. The van der Waals surface area contributed by atoms with Crippen molar-refractivity contribution in [2.24, 2.45) is 5.92 Å². The first-order valence-corrected chi connectivity index (χ1v) is 8.82. The van der Waals surface area contributed by atoms with Crippen molar-refractivity contribution in [3.05, 3.63) is 65.5 Å². The fourth-order valence-electron chi connectivity index (χ4n) is 3.23. The van der Waals surface area contributed by atoms with Crippen molar-refractivity contribution >= 4 is 6.03 Å². The average Bonchev–Trinajstić information content (AvgIpc) is 2.94. The second-order valence-corrected chi connectivity index (χ2v) is 6.90. The van der Waals surface area contributed by atoms with E-state index in [0.717, 1.165) is 30.9 Å². The second-order valence-electron chi connectivity index (χ2n) is 6.90. The van der Waals surface area contributed by atoms with Crippen LogP contribution in [0.1, 0.15) is 23.7 Å². The SMILES string of the molecule is Cc1ccc(CNC(=O)NC2CN(Cc3ccccc3)CC2C)cn1. The number of urea groups is 1. The molecule has 0 saturated carbocycles. The summed E-state index contributed by atoms with van der Waals surface area (Å²) in [4.78, 5) is 18.8. The van der Waals surface area contributed by atoms with Crippen molar-refractivity contribution in [2.75, 3.05) is 13.1 Å². The Kier molecular flexibility index (Phi) is 5.66. The quantitative estimate of drug-likeness (QED) is 0.881. The predicted octanol–water partition coefficient (Wildman–Crippen LogP) is 2.71. The van der Waals surface area contributed by atoms with Crippen molar-refractivity contribution in [1.29, 1.82) is 0 Å². The fourth-order valence-corrected chi connectivity index (χ4v) is 3.23. The number of pyridine rings is 1. The summed E-state index contributed by atoms with van der Waals surface area (Å²) in [5, 5.41) is 6.04. The lowest BCUT2D eigenvalue weighted by molar-refractivity contribution is 0.234. The fraction of sp³-hybridized carbons (Fsp3) is 0.400. The summed E-state index contributed by atoms with van der Waals surface area (Å²) >= 11 is 0. The molecule has 2 N–H and O–H groups in total. The number of benzene rings is 1. The highest BCUT2D eigenvalue weighted by atomic mass is 16.2. The third-order valence-electron chi connectivity index (χ3n) is 4.68. The summed E-state index contributed by atoms with van der Waals surface area (Å²) in [7, 11) is 0. The van der Waals surface area contributed by atoms with Crippen molar-refractivity contribution in [3.63, 3.8) is 0 Å². The van der Waals surface area contributed by atoms with E-state index in [2.05, 4.69) is 51.7 Å². The molecule has 1 saturated heterocycles. The van der Waals surface area contributed by atoms with Crippen molar-refractivity contribution < 1.29 is 4.79 Å². The molecule has 1 aromatic heterocycles. The minimum atomic E-state index is -0.112. The van der Waals surface area contributed by atoms with Gasteiger partial charge >= 0.3 is 6.03 Å². The van der Waals surface area contributed by atoms with Crippen LogP contribution < -0.4 is 10.6 Å². The number of likely N-dealkylation sites (tertiary alicyclic amines) is 1. The second kappa shape index (κ2) is 8.12. The van der Waals surface area contributed by atoms with E-state index in [1.54, 1.807) is 6.20 Å². The van der Waals surface area contributed by atoms with Crippen LogP contribution in [0.5, 0.6) is 0 Å². The minimum absolute atomic E-state index is 0.112. The van der Waals surface area contributed by atoms with Crippen molar-refractivity contribution in [1.82, 2.24) is 20.5 Å². The number of amides is 2. The Balaban J connectivity index is 1.45. The molecule has 0 radical (unpaired) electrons. The van der Waals surface area contributed by atoms with Gasteiger partial charge in [-0.2, -0.15) is 0 Å². The maximum Gasteiger partial charge on any atom is 0.315 e. The molecule has 132 valence electrons. The van der Waals surface area contributed by atoms with Crippen LogP contribution in [0.15, 0.2) is 48.7 Å². The van der Waals surface area contributed by atoms with Crippen LogP contribution in [0.2, 0.25) is 0 Å². The van der Waals surface area contributed by atoms with Gasteiger partial charge in [0.25, 0.3) is 0 Å². The van der Waals surface area contributed by atoms with Crippen LogP contribution in [0.3, 0.4) is 0 Å². The molecule has 2 amide bonds. The van der Waals surface area contributed by atoms with Crippen LogP contribution in [0, 0.1) is 12.8 Å². The number of nitrogens with zero attached hydrogens (tertiary/aromatic N) is 2. The number of carbonyl (C=O) groups excluding carboxylic acids is 1. The zero-order chi connectivity index (χ0) is 17.6. The number of carbonyl (C=O) groups is 1. The number of aromatic nitrogens is 1. The minimum Gasteiger partial charge on any atom is -0.334 e. The summed E-state index contributed by atoms with van der Waals surface area (Å²) in [6.07, 6.45) is 1.80. The van der Waals surface area contributed by atoms with Crippen LogP contribution in [0.25, 0.3) is 0 Å². The normalized spacial score (nSPS) is 20.4. The zero-order valence-electron chi connectivity index (χ0n) is 14.9. The lowest BCUT2D eigenvalue weighted by Gasteiger charge is -2.18. The average molecular weight is 338 g/mol. The van der Waals surface area contributed by atoms with E-state index in [-0.39, 0.29) is 12.1 Å². The molecule has 1 fully saturated rings. The molecule has 1 aliphatic rings. The molecular formula is C20H26N4O. The summed E-state index contributed by atoms with van der Waals surface area (Å²) < 4.78 is 0. The van der Waals surface area contributed by atoms with E-state index >= 15 is 0 Å². The van der Waals surface area contributed by atoms with Gasteiger partial charge in [-0.05, 0) is 30.0 Å². The van der Waals surface area contributed by atoms with Gasteiger partial charge in [0.05, 0.1) is 0 Å². The maximum atomic E-state index is 12.2. The molecule has 5 nitrogen and oxygen atoms in total. The number of aryl methyl sites for hydroxylation is 1. The van der Waals surface area contributed by atoms with E-state index in [1.165, 1.54) is 5.56 Å². The topological polar surface area (TPSA) is 57.3 Å². The first kappa shape index (κ1) is 17.4. The largest absolute Gasteiger partial charge is 0.334 e. The van der Waals surface area contributed by atoms with Crippen LogP contribution in [-0.2, 0) is 13.1 Å². The standard InChI is InChI=1S/C20H26N4O/c1-15-12-24(13-17-6-4-3-5-7-17)14-19(15)23-20(25)22-11-18-9-8-16(2)21-10-18/h3-10,15,19H,11-14H2,1-2H3,(H2,22,23,25). The van der Waals surface area contributed by atoms with Gasteiger partial charge in [0.1, 0.15) is 0 Å². The summed E-state index contributed by atoms with van der Waals surface area (Å²) in [6, 6.07) is 14.5. The zero-order valence-corrected chi connectivity index (χ0v) is 14.9. The van der Waals surface area contributed by atoms with E-state index in [1.807, 2.05) is 25.1 Å². The molecule has 0 spiro atoms. The Hall–Kier alpha value is -2.40. The van der Waals surface area contributed by atoms with Gasteiger partial charge in [-0.25, -0.2) is 4.79 Å². The van der Waals surface area contributed by atoms with E-state index < -0.39 is 0 Å². The molecule has 0 aliphatic carbocycles. The molecule has 1 aliphatic heterocycles. The summed E-state index contributed by atoms with van der Waals surface area (Å²) in [5.74, 6) is 0.440. The smallest absolute Gasteiger partial charge is 0.315 e. The van der Waals surface area contributed by atoms with Crippen molar-refractivity contribution in [3.8, 4) is 0 Å². The molecule has 2 unspecified atom stereocenters. The molecular weight excluding hydrogens is 312 g/mol. The third kappa shape index (κ3) is 5.03. The molecule has 2 heterocycles. The molecule has 3 rings (SSSR count). The van der Waals surface area contributed by atoms with E-state index in [4.69, 9.17) is 0 Å². The number of hydrogen-bond donors (Lipinski definition) is 2. The monoisotopic (exact) mass is 338 g/mol. The van der Waals surface area contributed by atoms with Crippen molar-refractivity contribution in [2.45, 2.75) is 33.0 Å². The summed E-state index contributed by atoms with van der Waals surface area (Å²) in [6.45, 7) is 7.46. The van der Waals surface area contributed by atoms with E-state index in [0.29, 0.717) is 12.5 Å². The van der Waals surface area contributed by atoms with Crippen LogP contribution in [0.4, 0.5) is 4.79 Å². The van der Waals surface area contributed by atoms with E-state index in [9.17, 15) is 4.79 Å². The first-order valence-electron chi connectivity index (χ1n) is 8.82. The van der Waals surface area contributed by atoms with Gasteiger partial charge in [0, 0.05) is 44.1 Å². The molecule has 25 heavy (non-hydrogen) atoms. The van der Waals surface area contributed by atoms with Gasteiger partial charge in [-0.1, -0.05) is 43.3 Å². The highest BCUT2D eigenvalue weighted by molar-refractivity contribution is 5.74. The van der Waals surface area contributed by atoms with Gasteiger partial charge in [-0.15, -0.1) is 0 Å². The number of rotatable bonds is 5. The Morgan fingerprint density at radius 1 is 1.16 bits per heavy atom. The Bertz CT molecular complexity index is 687. The third-order valence-corrected chi connectivity index (χ3v) is 4.68. The Morgan fingerprint density at radius 3 is 2.68 bits per heavy atom. The molecule has 2 atom stereocenters. The van der Waals surface area contributed by atoms with Gasteiger partial charge in [0.2, 0.25) is 0 Å². The molecule has 2 aromatic rings. The van der Waals surface area contributed by atoms with Crippen LogP contribution >= 0.6 is 0 Å². The van der Waals surface area contributed by atoms with Crippen LogP contribution in [-0.4, -0.2) is 35.0 Å². The van der Waals surface area contributed by atoms with Gasteiger partial charge in [-0.3, -0.25) is 9.88 Å². The highest BCUT2D eigenvalue weighted by Crippen LogP contribution is 2.18. The number of nitrogens with one attached hydrogen (secondary N) is 2. The molecule has 5 heteroatoms.